The van der Waals surface area contributed by atoms with Gasteiger partial charge in [0, 0.05) is 6.54 Å². The van der Waals surface area contributed by atoms with Crippen molar-refractivity contribution in [2.75, 3.05) is 19.0 Å². The second-order valence-corrected chi connectivity index (χ2v) is 10.6. The molecule has 1 rings (SSSR count). The molecule has 6 heteroatoms. The van der Waals surface area contributed by atoms with Crippen LogP contribution in [0.2, 0.25) is 10.6 Å². The molecule has 1 radical (unpaired) electrons. The first-order valence-electron chi connectivity index (χ1n) is 7.21. The standard InChI is InChI=1S/C14H27ClNO3Si/c1-10(2)20(14(3,4)5)19-12-6-11(9-17)16(8-12)13(18)7-15/h10-12,17H,6-9H2,1-5H3/t11-,12-/m1/s1. The third-order valence-electron chi connectivity index (χ3n) is 3.58. The summed E-state index contributed by atoms with van der Waals surface area (Å²) < 4.78 is 6.35. The van der Waals surface area contributed by atoms with Gasteiger partial charge in [0.05, 0.1) is 18.8 Å². The van der Waals surface area contributed by atoms with Gasteiger partial charge in [0.25, 0.3) is 0 Å². The maximum Gasteiger partial charge on any atom is 0.237 e. The largest absolute Gasteiger partial charge is 0.411 e. The van der Waals surface area contributed by atoms with E-state index >= 15 is 0 Å². The SMILES string of the molecule is CC(C)[Si](O[C@@H]1C[C@H](CO)N(C(=O)CCl)C1)C(C)(C)C. The Morgan fingerprint density at radius 2 is 2.10 bits per heavy atom. The molecule has 1 heterocycles. The summed E-state index contributed by atoms with van der Waals surface area (Å²) in [7, 11) is -0.999. The molecular weight excluding hydrogens is 294 g/mol. The van der Waals surface area contributed by atoms with Crippen molar-refractivity contribution in [1.82, 2.24) is 4.90 Å². The van der Waals surface area contributed by atoms with Gasteiger partial charge in [-0.2, -0.15) is 0 Å². The van der Waals surface area contributed by atoms with E-state index in [2.05, 4.69) is 34.6 Å². The maximum absolute atomic E-state index is 11.8. The number of carbonyl (C=O) groups excluding carboxylic acids is 1. The van der Waals surface area contributed by atoms with Crippen LogP contribution >= 0.6 is 11.6 Å². The average molecular weight is 321 g/mol. The number of hydrogen-bond acceptors (Lipinski definition) is 3. The fourth-order valence-corrected chi connectivity index (χ4v) is 5.91. The minimum atomic E-state index is -0.999. The van der Waals surface area contributed by atoms with Gasteiger partial charge in [0.15, 0.2) is 0 Å². The number of likely N-dealkylation sites (tertiary alicyclic amines) is 1. The monoisotopic (exact) mass is 320 g/mol. The molecular formula is C14H27ClNO3Si. The van der Waals surface area contributed by atoms with Crippen LogP contribution in [0.4, 0.5) is 0 Å². The van der Waals surface area contributed by atoms with Crippen molar-refractivity contribution in [1.29, 1.82) is 0 Å². The minimum Gasteiger partial charge on any atom is -0.411 e. The zero-order chi connectivity index (χ0) is 15.5. The second-order valence-electron chi connectivity index (χ2n) is 6.76. The number of nitrogens with zero attached hydrogens (tertiary/aromatic N) is 1. The molecule has 0 aromatic rings. The summed E-state index contributed by atoms with van der Waals surface area (Å²) >= 11 is 5.62. The summed E-state index contributed by atoms with van der Waals surface area (Å²) in [5.41, 5.74) is 0.505. The van der Waals surface area contributed by atoms with E-state index in [0.29, 0.717) is 18.5 Å². The molecule has 4 nitrogen and oxygen atoms in total. The van der Waals surface area contributed by atoms with Crippen LogP contribution in [0.3, 0.4) is 0 Å². The molecule has 117 valence electrons. The molecule has 1 saturated heterocycles. The number of hydrogen-bond donors (Lipinski definition) is 1. The number of rotatable bonds is 5. The topological polar surface area (TPSA) is 49.8 Å². The van der Waals surface area contributed by atoms with Crippen LogP contribution in [0.25, 0.3) is 0 Å². The van der Waals surface area contributed by atoms with Crippen molar-refractivity contribution < 1.29 is 14.3 Å². The van der Waals surface area contributed by atoms with Crippen LogP contribution in [0.15, 0.2) is 0 Å². The van der Waals surface area contributed by atoms with E-state index in [9.17, 15) is 9.90 Å². The van der Waals surface area contributed by atoms with E-state index < -0.39 is 9.04 Å². The molecule has 0 aliphatic carbocycles. The van der Waals surface area contributed by atoms with Crippen molar-refractivity contribution >= 4 is 26.5 Å². The number of aliphatic hydroxyl groups excluding tert-OH is 1. The molecule has 0 spiro atoms. The Kier molecular flexibility index (Phi) is 6.50. The Morgan fingerprint density at radius 1 is 1.50 bits per heavy atom. The van der Waals surface area contributed by atoms with E-state index in [0.717, 1.165) is 0 Å². The van der Waals surface area contributed by atoms with Crippen LogP contribution in [0.1, 0.15) is 41.0 Å². The Hall–Kier alpha value is -0.103. The molecule has 1 aliphatic heterocycles. The fourth-order valence-electron chi connectivity index (χ4n) is 2.87. The van der Waals surface area contributed by atoms with Crippen LogP contribution in [-0.2, 0) is 9.22 Å². The first kappa shape index (κ1) is 17.9. The molecule has 0 bridgehead atoms. The molecule has 1 amide bonds. The minimum absolute atomic E-state index is 0.0230. The third-order valence-corrected chi connectivity index (χ3v) is 6.92. The quantitative estimate of drug-likeness (QED) is 0.625. The molecule has 1 aliphatic rings. The van der Waals surface area contributed by atoms with Gasteiger partial charge in [0.2, 0.25) is 14.9 Å². The van der Waals surface area contributed by atoms with E-state index in [1.165, 1.54) is 0 Å². The number of aliphatic hydroxyl groups is 1. The molecule has 1 fully saturated rings. The summed E-state index contributed by atoms with van der Waals surface area (Å²) in [4.78, 5) is 13.4. The lowest BCUT2D eigenvalue weighted by molar-refractivity contribution is -0.130. The van der Waals surface area contributed by atoms with Gasteiger partial charge in [-0.05, 0) is 17.0 Å². The number of halogens is 1. The normalized spacial score (nSPS) is 23.9. The van der Waals surface area contributed by atoms with E-state index in [1.54, 1.807) is 4.90 Å². The van der Waals surface area contributed by atoms with E-state index in [1.807, 2.05) is 0 Å². The average Bonchev–Trinajstić information content (AvgIpc) is 2.76. The first-order chi connectivity index (χ1) is 9.20. The van der Waals surface area contributed by atoms with Crippen molar-refractivity contribution in [3.8, 4) is 0 Å². The lowest BCUT2D eigenvalue weighted by atomic mass is 10.2. The Balaban J connectivity index is 2.72. The van der Waals surface area contributed by atoms with Crippen LogP contribution in [-0.4, -0.2) is 56.1 Å². The predicted molar refractivity (Wildman–Crippen MR) is 83.4 cm³/mol. The summed E-state index contributed by atoms with van der Waals surface area (Å²) in [6.45, 7) is 11.5. The second kappa shape index (κ2) is 7.25. The van der Waals surface area contributed by atoms with Crippen molar-refractivity contribution in [2.24, 2.45) is 0 Å². The molecule has 0 unspecified atom stereocenters. The molecule has 0 aromatic heterocycles. The molecule has 20 heavy (non-hydrogen) atoms. The zero-order valence-electron chi connectivity index (χ0n) is 13.1. The van der Waals surface area contributed by atoms with Crippen molar-refractivity contribution in [2.45, 2.75) is 63.8 Å². The van der Waals surface area contributed by atoms with Crippen LogP contribution in [0, 0.1) is 0 Å². The Labute approximate surface area is 129 Å². The third kappa shape index (κ3) is 4.45. The highest BCUT2D eigenvalue weighted by molar-refractivity contribution is 6.56. The predicted octanol–water partition coefficient (Wildman–Crippen LogP) is 2.41. The summed E-state index contributed by atoms with van der Waals surface area (Å²) in [5.74, 6) is -0.157. The molecule has 0 saturated carbocycles. The Bertz CT molecular complexity index is 333. The first-order valence-corrected chi connectivity index (χ1v) is 9.23. The van der Waals surface area contributed by atoms with Gasteiger partial charge >= 0.3 is 0 Å². The fraction of sp³-hybridized carbons (Fsp3) is 0.929. The van der Waals surface area contributed by atoms with Crippen molar-refractivity contribution in [3.05, 3.63) is 0 Å². The van der Waals surface area contributed by atoms with Gasteiger partial charge in [-0.15, -0.1) is 11.6 Å². The number of amides is 1. The summed E-state index contributed by atoms with van der Waals surface area (Å²) in [6, 6.07) is -0.151. The van der Waals surface area contributed by atoms with Crippen LogP contribution in [0.5, 0.6) is 0 Å². The highest BCUT2D eigenvalue weighted by Gasteiger charge is 2.40. The molecule has 2 atom stereocenters. The highest BCUT2D eigenvalue weighted by atomic mass is 35.5. The number of carbonyl (C=O) groups is 1. The van der Waals surface area contributed by atoms with Gasteiger partial charge in [-0.3, -0.25) is 4.79 Å². The van der Waals surface area contributed by atoms with Crippen molar-refractivity contribution in [3.63, 3.8) is 0 Å². The smallest absolute Gasteiger partial charge is 0.237 e. The van der Waals surface area contributed by atoms with Crippen LogP contribution < -0.4 is 0 Å². The lowest BCUT2D eigenvalue weighted by Crippen LogP contribution is -2.40. The summed E-state index contributed by atoms with van der Waals surface area (Å²) in [6.07, 6.45) is 0.727. The van der Waals surface area contributed by atoms with E-state index in [-0.39, 0.29) is 35.6 Å². The maximum atomic E-state index is 11.8. The van der Waals surface area contributed by atoms with Gasteiger partial charge in [0.1, 0.15) is 5.88 Å². The lowest BCUT2D eigenvalue weighted by Gasteiger charge is -2.33. The highest BCUT2D eigenvalue weighted by Crippen LogP contribution is 2.36. The Morgan fingerprint density at radius 3 is 2.50 bits per heavy atom. The van der Waals surface area contributed by atoms with Gasteiger partial charge in [-0.25, -0.2) is 0 Å². The van der Waals surface area contributed by atoms with Gasteiger partial charge in [-0.1, -0.05) is 34.6 Å². The van der Waals surface area contributed by atoms with Gasteiger partial charge < -0.3 is 14.4 Å². The molecule has 1 N–H and O–H groups in total. The summed E-state index contributed by atoms with van der Waals surface area (Å²) in [5, 5.41) is 9.57. The zero-order valence-corrected chi connectivity index (χ0v) is 14.9. The van der Waals surface area contributed by atoms with E-state index in [4.69, 9.17) is 16.0 Å². The molecule has 0 aromatic carbocycles. The number of alkyl halides is 1.